The van der Waals surface area contributed by atoms with Crippen molar-refractivity contribution in [1.29, 1.82) is 0 Å². The van der Waals surface area contributed by atoms with E-state index in [4.69, 9.17) is 17.3 Å². The van der Waals surface area contributed by atoms with Crippen LogP contribution in [-0.4, -0.2) is 38.5 Å². The van der Waals surface area contributed by atoms with Gasteiger partial charge in [-0.05, 0) is 49.6 Å². The van der Waals surface area contributed by atoms with Crippen LogP contribution in [0.4, 0.5) is 0 Å². The van der Waals surface area contributed by atoms with Gasteiger partial charge in [0.2, 0.25) is 10.0 Å². The standard InChI is InChI=1S/C14H20ClN3O2S/c15-12-4-3-11(8-10(12)9-16)21(19,20)17-13-5-7-18-6-1-2-14(13)18/h3-4,8,13-14,17H,1-2,5-7,9,16H2. The predicted molar refractivity (Wildman–Crippen MR) is 82.7 cm³/mol. The zero-order chi connectivity index (χ0) is 15.0. The second-order valence-electron chi connectivity index (χ2n) is 5.72. The molecule has 2 aliphatic rings. The lowest BCUT2D eigenvalue weighted by Gasteiger charge is -2.21. The van der Waals surface area contributed by atoms with Crippen molar-refractivity contribution >= 4 is 21.6 Å². The molecule has 0 amide bonds. The number of halogens is 1. The fourth-order valence-corrected chi connectivity index (χ4v) is 4.91. The van der Waals surface area contributed by atoms with Crippen LogP contribution in [0.15, 0.2) is 23.1 Å². The van der Waals surface area contributed by atoms with Crippen LogP contribution in [0.1, 0.15) is 24.8 Å². The Morgan fingerprint density at radius 1 is 1.33 bits per heavy atom. The first-order valence-corrected chi connectivity index (χ1v) is 9.12. The number of benzene rings is 1. The molecule has 1 aromatic carbocycles. The summed E-state index contributed by atoms with van der Waals surface area (Å²) in [6, 6.07) is 5.04. The van der Waals surface area contributed by atoms with Gasteiger partial charge in [0.15, 0.2) is 0 Å². The fourth-order valence-electron chi connectivity index (χ4n) is 3.36. The average molecular weight is 330 g/mol. The maximum Gasteiger partial charge on any atom is 0.240 e. The number of rotatable bonds is 4. The van der Waals surface area contributed by atoms with Gasteiger partial charge in [0, 0.05) is 30.2 Å². The largest absolute Gasteiger partial charge is 0.326 e. The van der Waals surface area contributed by atoms with E-state index in [1.165, 1.54) is 6.07 Å². The molecule has 5 nitrogen and oxygen atoms in total. The maximum absolute atomic E-state index is 12.5. The van der Waals surface area contributed by atoms with E-state index in [-0.39, 0.29) is 17.5 Å². The first-order valence-electron chi connectivity index (χ1n) is 7.26. The summed E-state index contributed by atoms with van der Waals surface area (Å²) in [4.78, 5) is 2.61. The molecule has 3 rings (SSSR count). The minimum atomic E-state index is -3.52. The van der Waals surface area contributed by atoms with Crippen molar-refractivity contribution in [2.45, 2.75) is 42.8 Å². The van der Waals surface area contributed by atoms with E-state index in [1.54, 1.807) is 12.1 Å². The van der Waals surface area contributed by atoms with E-state index < -0.39 is 10.0 Å². The van der Waals surface area contributed by atoms with Gasteiger partial charge in [0.05, 0.1) is 4.90 Å². The van der Waals surface area contributed by atoms with Gasteiger partial charge in [-0.2, -0.15) is 0 Å². The SMILES string of the molecule is NCc1cc(S(=O)(=O)NC2CCN3CCCC23)ccc1Cl. The number of nitrogens with zero attached hydrogens (tertiary/aromatic N) is 1. The quantitative estimate of drug-likeness (QED) is 0.873. The highest BCUT2D eigenvalue weighted by Gasteiger charge is 2.39. The molecule has 0 bridgehead atoms. The van der Waals surface area contributed by atoms with Crippen LogP contribution >= 0.6 is 11.6 Å². The Hall–Kier alpha value is -0.660. The Morgan fingerprint density at radius 3 is 2.90 bits per heavy atom. The first-order chi connectivity index (χ1) is 10.0. The predicted octanol–water partition coefficient (Wildman–Crippen LogP) is 1.31. The minimum absolute atomic E-state index is 0.00880. The molecule has 7 heteroatoms. The van der Waals surface area contributed by atoms with E-state index in [1.807, 2.05) is 0 Å². The Labute approximate surface area is 130 Å². The minimum Gasteiger partial charge on any atom is -0.326 e. The highest BCUT2D eigenvalue weighted by molar-refractivity contribution is 7.89. The van der Waals surface area contributed by atoms with E-state index in [9.17, 15) is 8.42 Å². The second kappa shape index (κ2) is 5.85. The number of hydrogen-bond donors (Lipinski definition) is 2. The molecular weight excluding hydrogens is 310 g/mol. The molecule has 2 fully saturated rings. The normalized spacial score (nSPS) is 26.2. The summed E-state index contributed by atoms with van der Waals surface area (Å²) >= 11 is 5.99. The molecule has 2 unspecified atom stereocenters. The Bertz CT molecular complexity index is 635. The van der Waals surface area contributed by atoms with Gasteiger partial charge in [-0.15, -0.1) is 0 Å². The van der Waals surface area contributed by atoms with Crippen LogP contribution in [0, 0.1) is 0 Å². The monoisotopic (exact) mass is 329 g/mol. The zero-order valence-corrected chi connectivity index (χ0v) is 13.3. The van der Waals surface area contributed by atoms with Crippen molar-refractivity contribution in [3.05, 3.63) is 28.8 Å². The number of nitrogens with two attached hydrogens (primary N) is 1. The first kappa shape index (κ1) is 15.2. The van der Waals surface area contributed by atoms with Crippen molar-refractivity contribution in [3.8, 4) is 0 Å². The van der Waals surface area contributed by atoms with E-state index in [0.29, 0.717) is 16.6 Å². The van der Waals surface area contributed by atoms with Crippen LogP contribution in [0.5, 0.6) is 0 Å². The molecule has 0 spiro atoms. The van der Waals surface area contributed by atoms with Crippen molar-refractivity contribution in [2.75, 3.05) is 13.1 Å². The summed E-state index contributed by atoms with van der Waals surface area (Å²) in [5.74, 6) is 0. The van der Waals surface area contributed by atoms with Gasteiger partial charge in [-0.1, -0.05) is 11.6 Å². The average Bonchev–Trinajstić information content (AvgIpc) is 3.04. The number of sulfonamides is 1. The maximum atomic E-state index is 12.5. The lowest BCUT2D eigenvalue weighted by Crippen LogP contribution is -2.42. The van der Waals surface area contributed by atoms with Crippen molar-refractivity contribution in [3.63, 3.8) is 0 Å². The van der Waals surface area contributed by atoms with E-state index >= 15 is 0 Å². The molecule has 2 aliphatic heterocycles. The number of nitrogens with one attached hydrogen (secondary N) is 1. The van der Waals surface area contributed by atoms with Gasteiger partial charge in [0.1, 0.15) is 0 Å². The Balaban J connectivity index is 1.81. The highest BCUT2D eigenvalue weighted by Crippen LogP contribution is 2.29. The third kappa shape index (κ3) is 2.96. The van der Waals surface area contributed by atoms with Crippen molar-refractivity contribution in [1.82, 2.24) is 9.62 Å². The Morgan fingerprint density at radius 2 is 2.14 bits per heavy atom. The Kier molecular flexibility index (Phi) is 4.25. The van der Waals surface area contributed by atoms with Gasteiger partial charge < -0.3 is 5.73 Å². The van der Waals surface area contributed by atoms with Gasteiger partial charge >= 0.3 is 0 Å². The van der Waals surface area contributed by atoms with Crippen molar-refractivity contribution < 1.29 is 8.42 Å². The fraction of sp³-hybridized carbons (Fsp3) is 0.571. The molecule has 0 aromatic heterocycles. The molecule has 116 valence electrons. The lowest BCUT2D eigenvalue weighted by atomic mass is 10.1. The molecule has 1 aromatic rings. The summed E-state index contributed by atoms with van der Waals surface area (Å²) in [7, 11) is -3.52. The lowest BCUT2D eigenvalue weighted by molar-refractivity contribution is 0.309. The molecule has 0 saturated carbocycles. The van der Waals surface area contributed by atoms with Gasteiger partial charge in [0.25, 0.3) is 0 Å². The van der Waals surface area contributed by atoms with Crippen LogP contribution < -0.4 is 10.5 Å². The van der Waals surface area contributed by atoms with Crippen LogP contribution in [0.3, 0.4) is 0 Å². The molecule has 21 heavy (non-hydrogen) atoms. The smallest absolute Gasteiger partial charge is 0.240 e. The summed E-state index contributed by atoms with van der Waals surface area (Å²) in [5, 5.41) is 0.499. The van der Waals surface area contributed by atoms with Crippen LogP contribution in [0.25, 0.3) is 0 Å². The number of hydrogen-bond acceptors (Lipinski definition) is 4. The third-order valence-electron chi connectivity index (χ3n) is 4.46. The third-order valence-corrected chi connectivity index (χ3v) is 6.32. The summed E-state index contributed by atoms with van der Waals surface area (Å²) < 4.78 is 27.9. The summed E-state index contributed by atoms with van der Waals surface area (Å²) in [5.41, 5.74) is 6.24. The summed E-state index contributed by atoms with van der Waals surface area (Å²) in [6.07, 6.45) is 3.10. The van der Waals surface area contributed by atoms with Crippen LogP contribution in [-0.2, 0) is 16.6 Å². The molecule has 2 saturated heterocycles. The number of fused-ring (bicyclic) bond motifs is 1. The highest BCUT2D eigenvalue weighted by atomic mass is 35.5. The molecule has 3 N–H and O–H groups in total. The molecule has 0 aliphatic carbocycles. The van der Waals surface area contributed by atoms with Crippen LogP contribution in [0.2, 0.25) is 5.02 Å². The van der Waals surface area contributed by atoms with E-state index in [0.717, 1.165) is 32.4 Å². The summed E-state index contributed by atoms with van der Waals surface area (Å²) in [6.45, 7) is 2.29. The van der Waals surface area contributed by atoms with Crippen molar-refractivity contribution in [2.24, 2.45) is 5.73 Å². The van der Waals surface area contributed by atoms with E-state index in [2.05, 4.69) is 9.62 Å². The topological polar surface area (TPSA) is 75.4 Å². The molecule has 2 atom stereocenters. The molecule has 2 heterocycles. The van der Waals surface area contributed by atoms with Gasteiger partial charge in [-0.25, -0.2) is 13.1 Å². The zero-order valence-electron chi connectivity index (χ0n) is 11.8. The van der Waals surface area contributed by atoms with Gasteiger partial charge in [-0.3, -0.25) is 4.90 Å². The molecule has 0 radical (unpaired) electrons. The molecular formula is C14H20ClN3O2S. The second-order valence-corrected chi connectivity index (χ2v) is 7.84.